The molecule has 1 saturated heterocycles. The van der Waals surface area contributed by atoms with E-state index in [2.05, 4.69) is 24.3 Å². The Hall–Kier alpha value is -0.0800. The van der Waals surface area contributed by atoms with Crippen molar-refractivity contribution in [3.63, 3.8) is 0 Å². The predicted octanol–water partition coefficient (Wildman–Crippen LogP) is 1.72. The Bertz CT molecular complexity index is 177. The van der Waals surface area contributed by atoms with Crippen molar-refractivity contribution in [2.45, 2.75) is 38.1 Å². The van der Waals surface area contributed by atoms with Gasteiger partial charge >= 0.3 is 0 Å². The standard InChI is InChI=1S/C12H24N2/c1-13-12(10-6-7-10)11-5-3-4-8-14(2)9-11/h10-13H,3-9H2,1-2H3. The fraction of sp³-hybridized carbons (Fsp3) is 1.00. The minimum Gasteiger partial charge on any atom is -0.316 e. The maximum Gasteiger partial charge on any atom is 0.0133 e. The lowest BCUT2D eigenvalue weighted by atomic mass is 9.91. The van der Waals surface area contributed by atoms with Crippen molar-refractivity contribution in [2.24, 2.45) is 11.8 Å². The first-order chi connectivity index (χ1) is 6.81. The van der Waals surface area contributed by atoms with Crippen molar-refractivity contribution in [1.29, 1.82) is 0 Å². The quantitative estimate of drug-likeness (QED) is 0.739. The van der Waals surface area contributed by atoms with Gasteiger partial charge in [0.2, 0.25) is 0 Å². The summed E-state index contributed by atoms with van der Waals surface area (Å²) < 4.78 is 0. The molecule has 2 fully saturated rings. The molecule has 1 saturated carbocycles. The maximum absolute atomic E-state index is 3.56. The van der Waals surface area contributed by atoms with Crippen LogP contribution < -0.4 is 5.32 Å². The van der Waals surface area contributed by atoms with Crippen LogP contribution in [0.5, 0.6) is 0 Å². The molecular formula is C12H24N2. The lowest BCUT2D eigenvalue weighted by molar-refractivity contribution is 0.242. The highest BCUT2D eigenvalue weighted by molar-refractivity contribution is 4.91. The SMILES string of the molecule is CNC(C1CC1)C1CCCCN(C)C1. The predicted molar refractivity (Wildman–Crippen MR) is 60.4 cm³/mol. The summed E-state index contributed by atoms with van der Waals surface area (Å²) >= 11 is 0. The van der Waals surface area contributed by atoms with E-state index in [9.17, 15) is 0 Å². The topological polar surface area (TPSA) is 15.3 Å². The third-order valence-corrected chi connectivity index (χ3v) is 3.88. The molecule has 14 heavy (non-hydrogen) atoms. The van der Waals surface area contributed by atoms with Crippen molar-refractivity contribution in [1.82, 2.24) is 10.2 Å². The van der Waals surface area contributed by atoms with Gasteiger partial charge in [-0.25, -0.2) is 0 Å². The zero-order valence-electron chi connectivity index (χ0n) is 9.63. The monoisotopic (exact) mass is 196 g/mol. The first-order valence-electron chi connectivity index (χ1n) is 6.17. The minimum absolute atomic E-state index is 0.801. The molecule has 1 N–H and O–H groups in total. The summed E-state index contributed by atoms with van der Waals surface area (Å²) in [6.45, 7) is 2.61. The molecule has 0 amide bonds. The van der Waals surface area contributed by atoms with Gasteiger partial charge in [0.1, 0.15) is 0 Å². The summed E-state index contributed by atoms with van der Waals surface area (Å²) in [7, 11) is 4.42. The van der Waals surface area contributed by atoms with Gasteiger partial charge < -0.3 is 10.2 Å². The number of nitrogens with zero attached hydrogens (tertiary/aromatic N) is 1. The summed E-state index contributed by atoms with van der Waals surface area (Å²) in [4.78, 5) is 2.52. The lowest BCUT2D eigenvalue weighted by Crippen LogP contribution is -2.40. The summed E-state index contributed by atoms with van der Waals surface area (Å²) in [6, 6.07) is 0.801. The van der Waals surface area contributed by atoms with E-state index in [1.807, 2.05) is 0 Å². The molecule has 0 aromatic heterocycles. The van der Waals surface area contributed by atoms with E-state index in [4.69, 9.17) is 0 Å². The van der Waals surface area contributed by atoms with E-state index in [0.29, 0.717) is 0 Å². The van der Waals surface area contributed by atoms with Crippen LogP contribution in [0, 0.1) is 11.8 Å². The third kappa shape index (κ3) is 2.48. The number of likely N-dealkylation sites (tertiary alicyclic amines) is 1. The molecule has 82 valence electrons. The van der Waals surface area contributed by atoms with Crippen LogP contribution in [0.25, 0.3) is 0 Å². The maximum atomic E-state index is 3.56. The Kier molecular flexibility index (Phi) is 3.45. The van der Waals surface area contributed by atoms with Crippen molar-refractivity contribution in [2.75, 3.05) is 27.2 Å². The van der Waals surface area contributed by atoms with Gasteiger partial charge in [-0.15, -0.1) is 0 Å². The molecule has 2 nitrogen and oxygen atoms in total. The van der Waals surface area contributed by atoms with E-state index in [0.717, 1.165) is 17.9 Å². The summed E-state index contributed by atoms with van der Waals surface area (Å²) in [5.41, 5.74) is 0. The molecule has 2 atom stereocenters. The third-order valence-electron chi connectivity index (χ3n) is 3.88. The van der Waals surface area contributed by atoms with Crippen LogP contribution in [-0.4, -0.2) is 38.1 Å². The van der Waals surface area contributed by atoms with Gasteiger partial charge in [0.25, 0.3) is 0 Å². The highest BCUT2D eigenvalue weighted by Gasteiger charge is 2.36. The highest BCUT2D eigenvalue weighted by Crippen LogP contribution is 2.37. The smallest absolute Gasteiger partial charge is 0.0133 e. The molecule has 0 aromatic rings. The number of rotatable bonds is 3. The minimum atomic E-state index is 0.801. The fourth-order valence-electron chi connectivity index (χ4n) is 2.98. The molecule has 1 heterocycles. The molecule has 1 aliphatic carbocycles. The van der Waals surface area contributed by atoms with Crippen LogP contribution >= 0.6 is 0 Å². The van der Waals surface area contributed by atoms with Crippen molar-refractivity contribution in [3.05, 3.63) is 0 Å². The fourth-order valence-corrected chi connectivity index (χ4v) is 2.98. The molecule has 1 aliphatic heterocycles. The Balaban J connectivity index is 1.91. The Morgan fingerprint density at radius 3 is 2.57 bits per heavy atom. The van der Waals surface area contributed by atoms with Crippen molar-refractivity contribution >= 4 is 0 Å². The molecule has 2 aliphatic rings. The van der Waals surface area contributed by atoms with Crippen LogP contribution in [0.2, 0.25) is 0 Å². The van der Waals surface area contributed by atoms with E-state index < -0.39 is 0 Å². The van der Waals surface area contributed by atoms with E-state index in [-0.39, 0.29) is 0 Å². The lowest BCUT2D eigenvalue weighted by Gasteiger charge is -2.28. The van der Waals surface area contributed by atoms with E-state index >= 15 is 0 Å². The number of hydrogen-bond donors (Lipinski definition) is 1. The second-order valence-corrected chi connectivity index (χ2v) is 5.17. The first-order valence-corrected chi connectivity index (χ1v) is 6.17. The molecule has 2 heteroatoms. The van der Waals surface area contributed by atoms with Gasteiger partial charge in [-0.3, -0.25) is 0 Å². The average molecular weight is 196 g/mol. The zero-order valence-corrected chi connectivity index (χ0v) is 9.63. The normalized spacial score (nSPS) is 32.6. The first kappa shape index (κ1) is 10.4. The average Bonchev–Trinajstić information content (AvgIpc) is 2.96. The van der Waals surface area contributed by atoms with Crippen molar-refractivity contribution < 1.29 is 0 Å². The second kappa shape index (κ2) is 4.63. The highest BCUT2D eigenvalue weighted by atomic mass is 15.1. The van der Waals surface area contributed by atoms with Gasteiger partial charge in [0.15, 0.2) is 0 Å². The van der Waals surface area contributed by atoms with Gasteiger partial charge in [0.05, 0.1) is 0 Å². The van der Waals surface area contributed by atoms with E-state index in [1.165, 1.54) is 45.2 Å². The van der Waals surface area contributed by atoms with Crippen LogP contribution in [0.4, 0.5) is 0 Å². The molecule has 0 spiro atoms. The van der Waals surface area contributed by atoms with Gasteiger partial charge in [-0.05, 0) is 58.2 Å². The largest absolute Gasteiger partial charge is 0.316 e. The van der Waals surface area contributed by atoms with Gasteiger partial charge in [-0.2, -0.15) is 0 Å². The Morgan fingerprint density at radius 2 is 1.93 bits per heavy atom. The van der Waals surface area contributed by atoms with E-state index in [1.54, 1.807) is 0 Å². The van der Waals surface area contributed by atoms with Gasteiger partial charge in [0, 0.05) is 12.6 Å². The second-order valence-electron chi connectivity index (χ2n) is 5.17. The summed E-state index contributed by atoms with van der Waals surface area (Å²) in [5, 5.41) is 3.56. The number of nitrogens with one attached hydrogen (secondary N) is 1. The summed E-state index contributed by atoms with van der Waals surface area (Å²) in [5.74, 6) is 1.90. The zero-order chi connectivity index (χ0) is 9.97. The molecule has 2 rings (SSSR count). The van der Waals surface area contributed by atoms with Crippen LogP contribution in [-0.2, 0) is 0 Å². The van der Waals surface area contributed by atoms with Crippen molar-refractivity contribution in [3.8, 4) is 0 Å². The van der Waals surface area contributed by atoms with Crippen LogP contribution in [0.1, 0.15) is 32.1 Å². The number of hydrogen-bond acceptors (Lipinski definition) is 2. The molecular weight excluding hydrogens is 172 g/mol. The van der Waals surface area contributed by atoms with Gasteiger partial charge in [-0.1, -0.05) is 6.42 Å². The molecule has 0 bridgehead atoms. The van der Waals surface area contributed by atoms with Crippen LogP contribution in [0.3, 0.4) is 0 Å². The molecule has 0 radical (unpaired) electrons. The van der Waals surface area contributed by atoms with Crippen LogP contribution in [0.15, 0.2) is 0 Å². The molecule has 2 unspecified atom stereocenters. The Labute approximate surface area is 88.1 Å². The summed E-state index contributed by atoms with van der Waals surface area (Å²) in [6.07, 6.45) is 7.19. The Morgan fingerprint density at radius 1 is 1.14 bits per heavy atom. The molecule has 0 aromatic carbocycles.